The molecule has 3 aromatic carbocycles. The molecule has 1 heterocycles. The van der Waals surface area contributed by atoms with Gasteiger partial charge in [0.05, 0.1) is 16.0 Å². The molecule has 3 amide bonds. The first-order valence-electron chi connectivity index (χ1n) is 9.96. The van der Waals surface area contributed by atoms with E-state index in [9.17, 15) is 9.59 Å². The zero-order chi connectivity index (χ0) is 22.7. The van der Waals surface area contributed by atoms with Gasteiger partial charge in [0.2, 0.25) is 0 Å². The average Bonchev–Trinajstić information content (AvgIpc) is 3.02. The number of carbonyl (C=O) groups excluding carboxylic acids is 2. The zero-order valence-corrected chi connectivity index (χ0v) is 19.6. The summed E-state index contributed by atoms with van der Waals surface area (Å²) in [4.78, 5) is 26.3. The first-order chi connectivity index (χ1) is 15.4. The highest BCUT2D eigenvalue weighted by molar-refractivity contribution is 9.10. The number of halogens is 2. The van der Waals surface area contributed by atoms with Crippen molar-refractivity contribution < 1.29 is 14.3 Å². The van der Waals surface area contributed by atoms with Gasteiger partial charge in [-0.15, -0.1) is 0 Å². The van der Waals surface area contributed by atoms with E-state index in [1.807, 2.05) is 61.5 Å². The summed E-state index contributed by atoms with van der Waals surface area (Å²) >= 11 is 9.92. The maximum absolute atomic E-state index is 12.8. The van der Waals surface area contributed by atoms with Gasteiger partial charge in [-0.2, -0.15) is 0 Å². The molecule has 0 bridgehead atoms. The van der Waals surface area contributed by atoms with Gasteiger partial charge in [-0.05, 0) is 57.8 Å². The van der Waals surface area contributed by atoms with Gasteiger partial charge in [0, 0.05) is 0 Å². The third kappa shape index (κ3) is 5.03. The molecule has 7 heteroatoms. The molecule has 0 aromatic heterocycles. The Balaban J connectivity index is 1.50. The number of benzene rings is 3. The number of rotatable bonds is 6. The van der Waals surface area contributed by atoms with Crippen molar-refractivity contribution in [2.75, 3.05) is 0 Å². The molecule has 0 saturated carbocycles. The highest BCUT2D eigenvalue weighted by Gasteiger charge is 2.33. The van der Waals surface area contributed by atoms with E-state index in [4.69, 9.17) is 16.3 Å². The molecule has 162 valence electrons. The molecule has 1 saturated heterocycles. The minimum atomic E-state index is -0.449. The fraction of sp³-hybridized carbons (Fsp3) is 0.120. The van der Waals surface area contributed by atoms with Crippen LogP contribution in [0.5, 0.6) is 5.75 Å². The maximum Gasteiger partial charge on any atom is 0.329 e. The van der Waals surface area contributed by atoms with Crippen molar-refractivity contribution in [3.8, 4) is 5.75 Å². The molecule has 0 spiro atoms. The number of nitrogens with zero attached hydrogens (tertiary/aromatic N) is 1. The van der Waals surface area contributed by atoms with Crippen LogP contribution in [0, 0.1) is 6.92 Å². The van der Waals surface area contributed by atoms with Crippen molar-refractivity contribution in [2.45, 2.75) is 20.1 Å². The van der Waals surface area contributed by atoms with E-state index in [0.29, 0.717) is 27.4 Å². The fourth-order valence-electron chi connectivity index (χ4n) is 3.29. The first kappa shape index (κ1) is 22.1. The predicted octanol–water partition coefficient (Wildman–Crippen LogP) is 6.08. The summed E-state index contributed by atoms with van der Waals surface area (Å²) in [6, 6.07) is 20.5. The molecule has 5 nitrogen and oxygen atoms in total. The number of nitrogens with one attached hydrogen (secondary N) is 1. The monoisotopic (exact) mass is 510 g/mol. The smallest absolute Gasteiger partial charge is 0.329 e. The number of hydrogen-bond acceptors (Lipinski definition) is 3. The number of amides is 3. The Hall–Kier alpha value is -3.09. The van der Waals surface area contributed by atoms with Gasteiger partial charge < -0.3 is 10.1 Å². The van der Waals surface area contributed by atoms with Crippen molar-refractivity contribution in [3.63, 3.8) is 0 Å². The summed E-state index contributed by atoms with van der Waals surface area (Å²) in [6.07, 6.45) is 1.60. The fourth-order valence-corrected chi connectivity index (χ4v) is 4.28. The molecule has 1 N–H and O–H groups in total. The van der Waals surface area contributed by atoms with Gasteiger partial charge in [-0.3, -0.25) is 9.69 Å². The number of aryl methyl sites for hydroxylation is 1. The second kappa shape index (κ2) is 9.59. The van der Waals surface area contributed by atoms with Gasteiger partial charge in [0.1, 0.15) is 12.3 Å². The second-order valence-corrected chi connectivity index (χ2v) is 8.71. The lowest BCUT2D eigenvalue weighted by Gasteiger charge is -2.12. The summed E-state index contributed by atoms with van der Waals surface area (Å²) in [5.41, 5.74) is 3.88. The Bertz CT molecular complexity index is 1170. The topological polar surface area (TPSA) is 58.6 Å². The lowest BCUT2D eigenvalue weighted by atomic mass is 10.1. The van der Waals surface area contributed by atoms with Gasteiger partial charge in [-0.1, -0.05) is 71.8 Å². The Kier molecular flexibility index (Phi) is 6.63. The van der Waals surface area contributed by atoms with Crippen LogP contribution in [0.3, 0.4) is 0 Å². The van der Waals surface area contributed by atoms with E-state index >= 15 is 0 Å². The third-order valence-corrected chi connectivity index (χ3v) is 5.85. The maximum atomic E-state index is 12.8. The van der Waals surface area contributed by atoms with Crippen molar-refractivity contribution in [1.29, 1.82) is 0 Å². The molecular formula is C25H20BrClN2O3. The number of ether oxygens (including phenoxy) is 1. The molecule has 0 aliphatic carbocycles. The minimum absolute atomic E-state index is 0.197. The largest absolute Gasteiger partial charge is 0.486 e. The SMILES string of the molecule is Cc1ccc(CN2C(=O)N/C(=C/c3cc(Cl)c(OCc4ccccc4)c(Br)c3)C2=O)cc1. The van der Waals surface area contributed by atoms with Crippen LogP contribution in [0.25, 0.3) is 6.08 Å². The summed E-state index contributed by atoms with van der Waals surface area (Å²) in [5, 5.41) is 3.04. The highest BCUT2D eigenvalue weighted by Crippen LogP contribution is 2.36. The Morgan fingerprint density at radius 3 is 2.44 bits per heavy atom. The van der Waals surface area contributed by atoms with E-state index < -0.39 is 6.03 Å². The van der Waals surface area contributed by atoms with Crippen LogP contribution in [-0.2, 0) is 17.9 Å². The molecule has 0 unspecified atom stereocenters. The molecule has 1 aliphatic rings. The minimum Gasteiger partial charge on any atom is -0.486 e. The van der Waals surface area contributed by atoms with Gasteiger partial charge in [-0.25, -0.2) is 4.79 Å². The van der Waals surface area contributed by atoms with Gasteiger partial charge in [0.25, 0.3) is 5.91 Å². The Labute approximate surface area is 199 Å². The normalized spacial score (nSPS) is 14.7. The summed E-state index contributed by atoms with van der Waals surface area (Å²) in [7, 11) is 0. The summed E-state index contributed by atoms with van der Waals surface area (Å²) in [5.74, 6) is 0.132. The van der Waals surface area contributed by atoms with E-state index in [0.717, 1.165) is 16.7 Å². The molecule has 32 heavy (non-hydrogen) atoms. The Morgan fingerprint density at radius 2 is 1.75 bits per heavy atom. The number of carbonyl (C=O) groups is 2. The van der Waals surface area contributed by atoms with Gasteiger partial charge >= 0.3 is 6.03 Å². The van der Waals surface area contributed by atoms with Crippen LogP contribution in [0.4, 0.5) is 4.79 Å². The average molecular weight is 512 g/mol. The first-order valence-corrected chi connectivity index (χ1v) is 11.1. The van der Waals surface area contributed by atoms with E-state index in [-0.39, 0.29) is 18.1 Å². The number of hydrogen-bond donors (Lipinski definition) is 1. The summed E-state index contributed by atoms with van der Waals surface area (Å²) < 4.78 is 6.52. The lowest BCUT2D eigenvalue weighted by molar-refractivity contribution is -0.123. The van der Waals surface area contributed by atoms with Crippen LogP contribution in [0.1, 0.15) is 22.3 Å². The third-order valence-electron chi connectivity index (χ3n) is 4.98. The molecular weight excluding hydrogens is 492 g/mol. The van der Waals surface area contributed by atoms with Gasteiger partial charge in [0.15, 0.2) is 5.75 Å². The highest BCUT2D eigenvalue weighted by atomic mass is 79.9. The van der Waals surface area contributed by atoms with Crippen LogP contribution < -0.4 is 10.1 Å². The lowest BCUT2D eigenvalue weighted by Crippen LogP contribution is -2.30. The Morgan fingerprint density at radius 1 is 1.03 bits per heavy atom. The number of urea groups is 1. The van der Waals surface area contributed by atoms with Crippen molar-refractivity contribution in [2.24, 2.45) is 0 Å². The van der Waals surface area contributed by atoms with Crippen molar-refractivity contribution in [1.82, 2.24) is 10.2 Å². The molecule has 4 rings (SSSR count). The second-order valence-electron chi connectivity index (χ2n) is 7.45. The van der Waals surface area contributed by atoms with Crippen LogP contribution >= 0.6 is 27.5 Å². The standard InChI is InChI=1S/C25H20BrClN2O3/c1-16-7-9-17(10-8-16)14-29-24(30)22(28-25(29)31)13-19-11-20(26)23(21(27)12-19)32-15-18-5-3-2-4-6-18/h2-13H,14-15H2,1H3,(H,28,31)/b22-13+. The number of imide groups is 1. The summed E-state index contributed by atoms with van der Waals surface area (Å²) in [6.45, 7) is 2.57. The van der Waals surface area contributed by atoms with E-state index in [1.54, 1.807) is 18.2 Å². The van der Waals surface area contributed by atoms with Crippen LogP contribution in [0.15, 0.2) is 76.9 Å². The van der Waals surface area contributed by atoms with E-state index in [1.165, 1.54) is 4.90 Å². The molecule has 0 atom stereocenters. The van der Waals surface area contributed by atoms with E-state index in [2.05, 4.69) is 21.2 Å². The molecule has 1 aliphatic heterocycles. The van der Waals surface area contributed by atoms with Crippen molar-refractivity contribution in [3.05, 3.63) is 104 Å². The van der Waals surface area contributed by atoms with Crippen molar-refractivity contribution >= 4 is 45.5 Å². The molecule has 3 aromatic rings. The van der Waals surface area contributed by atoms with Crippen LogP contribution in [0.2, 0.25) is 5.02 Å². The van der Waals surface area contributed by atoms with Crippen LogP contribution in [-0.4, -0.2) is 16.8 Å². The molecule has 0 radical (unpaired) electrons. The zero-order valence-electron chi connectivity index (χ0n) is 17.3. The molecule has 1 fully saturated rings. The quantitative estimate of drug-likeness (QED) is 0.322. The predicted molar refractivity (Wildman–Crippen MR) is 128 cm³/mol.